The number of alkyl halides is 1. The lowest BCUT2D eigenvalue weighted by Gasteiger charge is -2.19. The number of rotatable bonds is 3. The van der Waals surface area contributed by atoms with Crippen LogP contribution >= 0.6 is 15.9 Å². The Bertz CT molecular complexity index is 121. The Morgan fingerprint density at radius 2 is 2.36 bits per heavy atom. The second kappa shape index (κ2) is 4.43. The number of ether oxygens (including phenoxy) is 1. The Balaban J connectivity index is 2.23. The summed E-state index contributed by atoms with van der Waals surface area (Å²) in [5.74, 6) is 0. The third kappa shape index (κ3) is 2.73. The molecule has 1 saturated heterocycles. The molecular formula is C8H16BrNO. The molecule has 11 heavy (non-hydrogen) atoms. The molecule has 0 N–H and O–H groups in total. The van der Waals surface area contributed by atoms with Gasteiger partial charge in [-0.15, -0.1) is 0 Å². The molecule has 3 heteroatoms. The third-order valence-electron chi connectivity index (χ3n) is 2.24. The summed E-state index contributed by atoms with van der Waals surface area (Å²) in [4.78, 5) is 3.15. The van der Waals surface area contributed by atoms with E-state index in [-0.39, 0.29) is 0 Å². The zero-order valence-corrected chi connectivity index (χ0v) is 8.80. The van der Waals surface area contributed by atoms with Crippen LogP contribution in [-0.4, -0.2) is 42.6 Å². The fourth-order valence-electron chi connectivity index (χ4n) is 1.55. The summed E-state index contributed by atoms with van der Waals surface area (Å²) < 4.78 is 5.03. The van der Waals surface area contributed by atoms with Crippen LogP contribution in [0.1, 0.15) is 13.3 Å². The first kappa shape index (κ1) is 9.49. The summed E-state index contributed by atoms with van der Waals surface area (Å²) in [5, 5.41) is 0. The van der Waals surface area contributed by atoms with Crippen LogP contribution in [-0.2, 0) is 4.74 Å². The third-order valence-corrected chi connectivity index (χ3v) is 2.90. The maximum absolute atomic E-state index is 5.03. The number of halogens is 1. The summed E-state index contributed by atoms with van der Waals surface area (Å²) in [6.07, 6.45) is 1.27. The first-order valence-corrected chi connectivity index (χ1v) is 5.02. The van der Waals surface area contributed by atoms with Crippen molar-refractivity contribution in [2.45, 2.75) is 24.2 Å². The van der Waals surface area contributed by atoms with E-state index in [9.17, 15) is 0 Å². The topological polar surface area (TPSA) is 12.5 Å². The average Bonchev–Trinajstić information content (AvgIpc) is 2.26. The summed E-state index contributed by atoms with van der Waals surface area (Å²) in [5.41, 5.74) is 0. The molecule has 1 rings (SSSR count). The smallest absolute Gasteiger partial charge is 0.0589 e. The molecule has 66 valence electrons. The van der Waals surface area contributed by atoms with Crippen LogP contribution in [0.25, 0.3) is 0 Å². The number of hydrogen-bond acceptors (Lipinski definition) is 2. The molecule has 1 aliphatic heterocycles. The van der Waals surface area contributed by atoms with Gasteiger partial charge in [-0.25, -0.2) is 0 Å². The fourth-order valence-corrected chi connectivity index (χ4v) is 2.46. The minimum Gasteiger partial charge on any atom is -0.383 e. The van der Waals surface area contributed by atoms with E-state index in [0.717, 1.165) is 19.2 Å². The van der Waals surface area contributed by atoms with Crippen molar-refractivity contribution in [3.8, 4) is 0 Å². The largest absolute Gasteiger partial charge is 0.383 e. The number of methoxy groups -OCH3 is 1. The maximum atomic E-state index is 5.03. The minimum absolute atomic E-state index is 0.689. The van der Waals surface area contributed by atoms with Crippen molar-refractivity contribution in [1.82, 2.24) is 4.90 Å². The lowest BCUT2D eigenvalue weighted by Crippen LogP contribution is -2.30. The first-order chi connectivity index (χ1) is 5.24. The van der Waals surface area contributed by atoms with Crippen LogP contribution in [0.3, 0.4) is 0 Å². The highest BCUT2D eigenvalue weighted by molar-refractivity contribution is 9.09. The molecule has 2 unspecified atom stereocenters. The lowest BCUT2D eigenvalue weighted by molar-refractivity contribution is 0.145. The highest BCUT2D eigenvalue weighted by Crippen LogP contribution is 2.22. The minimum atomic E-state index is 0.689. The summed E-state index contributed by atoms with van der Waals surface area (Å²) >= 11 is 3.63. The maximum Gasteiger partial charge on any atom is 0.0589 e. The van der Waals surface area contributed by atoms with Gasteiger partial charge in [0.15, 0.2) is 0 Å². The molecule has 0 bridgehead atoms. The van der Waals surface area contributed by atoms with Crippen LogP contribution in [0, 0.1) is 0 Å². The molecule has 0 aromatic heterocycles. The molecule has 0 aromatic carbocycles. The number of likely N-dealkylation sites (tertiary alicyclic amines) is 1. The molecule has 2 atom stereocenters. The van der Waals surface area contributed by atoms with E-state index < -0.39 is 0 Å². The van der Waals surface area contributed by atoms with E-state index in [1.165, 1.54) is 13.0 Å². The normalized spacial score (nSPS) is 33.0. The van der Waals surface area contributed by atoms with Gasteiger partial charge >= 0.3 is 0 Å². The van der Waals surface area contributed by atoms with E-state index in [1.54, 1.807) is 7.11 Å². The SMILES string of the molecule is COCCN1CC(Br)CC1C. The standard InChI is InChI=1S/C8H16BrNO/c1-7-5-8(9)6-10(7)3-4-11-2/h7-8H,3-6H2,1-2H3. The molecular weight excluding hydrogens is 206 g/mol. The second-order valence-corrected chi connectivity index (χ2v) is 4.46. The van der Waals surface area contributed by atoms with Gasteiger partial charge in [-0.1, -0.05) is 15.9 Å². The highest BCUT2D eigenvalue weighted by atomic mass is 79.9. The predicted molar refractivity (Wildman–Crippen MR) is 50.2 cm³/mol. The van der Waals surface area contributed by atoms with Crippen molar-refractivity contribution < 1.29 is 4.74 Å². The molecule has 0 amide bonds. The Morgan fingerprint density at radius 3 is 2.82 bits per heavy atom. The van der Waals surface area contributed by atoms with Gasteiger partial charge in [-0.3, -0.25) is 4.90 Å². The predicted octanol–water partition coefficient (Wildman–Crippen LogP) is 1.49. The van der Waals surface area contributed by atoms with Gasteiger partial charge in [0.05, 0.1) is 6.61 Å². The van der Waals surface area contributed by atoms with Crippen molar-refractivity contribution in [1.29, 1.82) is 0 Å². The molecule has 2 nitrogen and oxygen atoms in total. The van der Waals surface area contributed by atoms with E-state index >= 15 is 0 Å². The van der Waals surface area contributed by atoms with E-state index in [2.05, 4.69) is 27.8 Å². The molecule has 1 fully saturated rings. The number of hydrogen-bond donors (Lipinski definition) is 0. The summed E-state index contributed by atoms with van der Waals surface area (Å²) in [6, 6.07) is 0.717. The molecule has 0 saturated carbocycles. The monoisotopic (exact) mass is 221 g/mol. The molecule has 1 heterocycles. The Hall–Kier alpha value is 0.400. The van der Waals surface area contributed by atoms with Gasteiger partial charge in [-0.2, -0.15) is 0 Å². The van der Waals surface area contributed by atoms with Gasteiger partial charge < -0.3 is 4.74 Å². The van der Waals surface area contributed by atoms with E-state index in [0.29, 0.717) is 4.83 Å². The highest BCUT2D eigenvalue weighted by Gasteiger charge is 2.26. The molecule has 1 aliphatic rings. The Morgan fingerprint density at radius 1 is 1.64 bits per heavy atom. The van der Waals surface area contributed by atoms with E-state index in [4.69, 9.17) is 4.74 Å². The summed E-state index contributed by atoms with van der Waals surface area (Å²) in [6.45, 7) is 5.37. The molecule has 0 aromatic rings. The van der Waals surface area contributed by atoms with Gasteiger partial charge in [0.2, 0.25) is 0 Å². The Labute approximate surface area is 77.0 Å². The zero-order chi connectivity index (χ0) is 8.27. The molecule has 0 radical (unpaired) electrons. The summed E-state index contributed by atoms with van der Waals surface area (Å²) in [7, 11) is 1.76. The van der Waals surface area contributed by atoms with Crippen molar-refractivity contribution in [2.24, 2.45) is 0 Å². The number of nitrogens with zero attached hydrogens (tertiary/aromatic N) is 1. The van der Waals surface area contributed by atoms with Gasteiger partial charge in [-0.05, 0) is 13.3 Å². The molecule has 0 aliphatic carbocycles. The van der Waals surface area contributed by atoms with Crippen LogP contribution < -0.4 is 0 Å². The van der Waals surface area contributed by atoms with Crippen molar-refractivity contribution >= 4 is 15.9 Å². The second-order valence-electron chi connectivity index (χ2n) is 3.17. The van der Waals surface area contributed by atoms with Crippen molar-refractivity contribution in [3.05, 3.63) is 0 Å². The average molecular weight is 222 g/mol. The van der Waals surface area contributed by atoms with Crippen LogP contribution in [0.2, 0.25) is 0 Å². The van der Waals surface area contributed by atoms with Crippen molar-refractivity contribution in [2.75, 3.05) is 26.8 Å². The van der Waals surface area contributed by atoms with Crippen LogP contribution in [0.4, 0.5) is 0 Å². The quantitative estimate of drug-likeness (QED) is 0.671. The van der Waals surface area contributed by atoms with Gasteiger partial charge in [0.25, 0.3) is 0 Å². The Kier molecular flexibility index (Phi) is 3.82. The fraction of sp³-hybridized carbons (Fsp3) is 1.00. The molecule has 0 spiro atoms. The van der Waals surface area contributed by atoms with Crippen LogP contribution in [0.15, 0.2) is 0 Å². The van der Waals surface area contributed by atoms with Crippen molar-refractivity contribution in [3.63, 3.8) is 0 Å². The van der Waals surface area contributed by atoms with E-state index in [1.807, 2.05) is 0 Å². The lowest BCUT2D eigenvalue weighted by atomic mass is 10.2. The first-order valence-electron chi connectivity index (χ1n) is 4.11. The van der Waals surface area contributed by atoms with Gasteiger partial charge in [0, 0.05) is 31.1 Å². The van der Waals surface area contributed by atoms with Gasteiger partial charge in [0.1, 0.15) is 0 Å². The van der Waals surface area contributed by atoms with Crippen LogP contribution in [0.5, 0.6) is 0 Å². The zero-order valence-electron chi connectivity index (χ0n) is 7.22.